The molecule has 5 nitrogen and oxygen atoms in total. The van der Waals surface area contributed by atoms with Gasteiger partial charge in [0.05, 0.1) is 4.90 Å². The number of ether oxygens (including phenoxy) is 1. The van der Waals surface area contributed by atoms with Crippen molar-refractivity contribution in [3.8, 4) is 17.2 Å². The maximum Gasteiger partial charge on any atom is 1.00 e. The van der Waals surface area contributed by atoms with Gasteiger partial charge in [0, 0.05) is 6.07 Å². The summed E-state index contributed by atoms with van der Waals surface area (Å²) < 4.78 is 37.0. The second kappa shape index (κ2) is 10.9. The molecule has 0 heterocycles. The fourth-order valence-corrected chi connectivity index (χ4v) is 3.13. The molecule has 1 N–H and O–H groups in total. The van der Waals surface area contributed by atoms with Crippen LogP contribution in [0.3, 0.4) is 0 Å². The van der Waals surface area contributed by atoms with E-state index in [1.54, 1.807) is 12.1 Å². The van der Waals surface area contributed by atoms with Crippen molar-refractivity contribution in [1.29, 1.82) is 0 Å². The normalized spacial score (nSPS) is 11.0. The van der Waals surface area contributed by atoms with Gasteiger partial charge in [0.25, 0.3) is 10.1 Å². The van der Waals surface area contributed by atoms with Crippen LogP contribution in [0.2, 0.25) is 0 Å². The molecule has 2 aromatic rings. The molecule has 0 fully saturated rings. The van der Waals surface area contributed by atoms with Gasteiger partial charge in [-0.1, -0.05) is 56.6 Å². The molecule has 0 radical (unpaired) electrons. The Kier molecular flexibility index (Phi) is 9.68. The average Bonchev–Trinajstić information content (AvgIpc) is 2.57. The Labute approximate surface area is 177 Å². The van der Waals surface area contributed by atoms with Crippen molar-refractivity contribution in [2.24, 2.45) is 0 Å². The first-order chi connectivity index (χ1) is 11.9. The van der Waals surface area contributed by atoms with Crippen molar-refractivity contribution < 1.29 is 52.4 Å². The van der Waals surface area contributed by atoms with E-state index in [0.717, 1.165) is 25.0 Å². The van der Waals surface area contributed by atoms with Crippen molar-refractivity contribution in [2.45, 2.75) is 50.3 Å². The number of unbranched alkanes of at least 4 members (excludes halogenated alkanes) is 4. The summed E-state index contributed by atoms with van der Waals surface area (Å²) in [6.45, 7) is 2.20. The molecule has 0 aromatic heterocycles. The first kappa shape index (κ1) is 23.0. The van der Waals surface area contributed by atoms with E-state index in [2.05, 4.69) is 6.92 Å². The van der Waals surface area contributed by atoms with E-state index in [0.29, 0.717) is 5.75 Å². The largest absolute Gasteiger partial charge is 1.00 e. The van der Waals surface area contributed by atoms with Crippen LogP contribution in [-0.4, -0.2) is 13.0 Å². The Balaban J connectivity index is 0.00000338. The van der Waals surface area contributed by atoms with Crippen LogP contribution in [0.15, 0.2) is 47.4 Å². The minimum atomic E-state index is -4.56. The van der Waals surface area contributed by atoms with Gasteiger partial charge in [0.2, 0.25) is 0 Å². The van der Waals surface area contributed by atoms with Crippen LogP contribution < -0.4 is 39.4 Å². The summed E-state index contributed by atoms with van der Waals surface area (Å²) >= 11 is 0. The molecule has 2 aromatic carbocycles. The van der Waals surface area contributed by atoms with Crippen LogP contribution in [0, 0.1) is 0 Å². The van der Waals surface area contributed by atoms with E-state index in [-0.39, 0.29) is 35.3 Å². The fraction of sp³-hybridized carbons (Fsp3) is 0.368. The Morgan fingerprint density at radius 2 is 1.58 bits per heavy atom. The van der Waals surface area contributed by atoms with E-state index < -0.39 is 20.8 Å². The summed E-state index contributed by atoms with van der Waals surface area (Å²) in [7, 11) is -4.56. The molecule has 0 bridgehead atoms. The zero-order chi connectivity index (χ0) is 18.3. The van der Waals surface area contributed by atoms with Crippen molar-refractivity contribution in [3.63, 3.8) is 0 Å². The van der Waals surface area contributed by atoms with Gasteiger partial charge in [-0.3, -0.25) is 4.55 Å². The first-order valence-corrected chi connectivity index (χ1v) is 9.89. The molecule has 136 valence electrons. The third-order valence-electron chi connectivity index (χ3n) is 3.92. The number of benzene rings is 2. The standard InChI is InChI=1S/C19H24O5S.Na/c1-2-3-4-5-6-7-15-8-10-16(11-9-15)24-17-12-13-18(20)19(14-17)25(21,22)23;/h8-14,20H,2-7H2,1H3,(H,21,22,23);/q;+1/p-1. The smallest absolute Gasteiger partial charge is 0.872 e. The molecular weight excluding hydrogens is 363 g/mol. The van der Waals surface area contributed by atoms with Crippen LogP contribution >= 0.6 is 0 Å². The number of hydrogen-bond donors (Lipinski definition) is 1. The molecule has 0 saturated carbocycles. The molecule has 0 aliphatic heterocycles. The second-order valence-electron chi connectivity index (χ2n) is 5.99. The van der Waals surface area contributed by atoms with Gasteiger partial charge in [-0.25, -0.2) is 0 Å². The Morgan fingerprint density at radius 3 is 2.19 bits per heavy atom. The summed E-state index contributed by atoms with van der Waals surface area (Å²) in [5.41, 5.74) is 1.22. The van der Waals surface area contributed by atoms with E-state index in [1.807, 2.05) is 12.1 Å². The summed E-state index contributed by atoms with van der Waals surface area (Å²) in [4.78, 5) is -0.686. The van der Waals surface area contributed by atoms with Gasteiger partial charge >= 0.3 is 29.6 Å². The maximum atomic E-state index is 11.5. The van der Waals surface area contributed by atoms with Gasteiger partial charge in [-0.05, 0) is 36.6 Å². The number of hydrogen-bond acceptors (Lipinski definition) is 4. The predicted octanol–water partition coefficient (Wildman–Crippen LogP) is 1.32. The fourth-order valence-electron chi connectivity index (χ4n) is 2.55. The van der Waals surface area contributed by atoms with E-state index >= 15 is 0 Å². The zero-order valence-electron chi connectivity index (χ0n) is 15.3. The Bertz CT molecular complexity index is 788. The van der Waals surface area contributed by atoms with Crippen LogP contribution in [0.1, 0.15) is 44.6 Å². The van der Waals surface area contributed by atoms with Gasteiger partial charge in [-0.15, -0.1) is 0 Å². The van der Waals surface area contributed by atoms with Crippen molar-refractivity contribution in [1.82, 2.24) is 0 Å². The zero-order valence-corrected chi connectivity index (χ0v) is 18.1. The quantitative estimate of drug-likeness (QED) is 0.399. The molecule has 0 saturated heterocycles. The van der Waals surface area contributed by atoms with Crippen molar-refractivity contribution >= 4 is 10.1 Å². The predicted molar refractivity (Wildman–Crippen MR) is 94.7 cm³/mol. The molecule has 26 heavy (non-hydrogen) atoms. The Hall–Kier alpha value is -1.05. The summed E-state index contributed by atoms with van der Waals surface area (Å²) in [5.74, 6) is -0.0533. The molecule has 0 aliphatic rings. The van der Waals surface area contributed by atoms with Gasteiger partial charge < -0.3 is 9.84 Å². The van der Waals surface area contributed by atoms with E-state index in [1.165, 1.54) is 37.3 Å². The Morgan fingerprint density at radius 1 is 0.962 bits per heavy atom. The van der Waals surface area contributed by atoms with Crippen LogP contribution in [0.5, 0.6) is 17.2 Å². The van der Waals surface area contributed by atoms with Crippen LogP contribution in [0.25, 0.3) is 0 Å². The van der Waals surface area contributed by atoms with E-state index in [9.17, 15) is 13.5 Å². The average molecular weight is 386 g/mol. The molecule has 0 aliphatic carbocycles. The molecule has 0 atom stereocenters. The molecule has 2 rings (SSSR count). The van der Waals surface area contributed by atoms with Gasteiger partial charge in [0.15, 0.2) is 0 Å². The first-order valence-electron chi connectivity index (χ1n) is 8.45. The molecule has 0 spiro atoms. The molecule has 7 heteroatoms. The summed E-state index contributed by atoms with van der Waals surface area (Å²) in [5, 5.41) is 11.5. The minimum Gasteiger partial charge on any atom is -0.872 e. The molecule has 0 amide bonds. The summed E-state index contributed by atoms with van der Waals surface area (Å²) in [6, 6.07) is 11.0. The van der Waals surface area contributed by atoms with Gasteiger partial charge in [0.1, 0.15) is 11.5 Å². The number of rotatable bonds is 9. The number of aryl methyl sites for hydroxylation is 1. The summed E-state index contributed by atoms with van der Waals surface area (Å²) in [6.07, 6.45) is 7.18. The monoisotopic (exact) mass is 386 g/mol. The molecule has 0 unspecified atom stereocenters. The maximum absolute atomic E-state index is 11.5. The van der Waals surface area contributed by atoms with Crippen LogP contribution in [0.4, 0.5) is 0 Å². The minimum absolute atomic E-state index is 0. The van der Waals surface area contributed by atoms with Crippen molar-refractivity contribution in [2.75, 3.05) is 0 Å². The van der Waals surface area contributed by atoms with E-state index in [4.69, 9.17) is 9.29 Å². The third kappa shape index (κ3) is 7.29. The van der Waals surface area contributed by atoms with Gasteiger partial charge in [-0.2, -0.15) is 8.42 Å². The topological polar surface area (TPSA) is 86.7 Å². The SMILES string of the molecule is CCCCCCCc1ccc(Oc2ccc([O-])c(S(=O)(=O)O)c2)cc1.[Na+]. The third-order valence-corrected chi connectivity index (χ3v) is 4.80. The van der Waals surface area contributed by atoms with Crippen LogP contribution in [-0.2, 0) is 16.5 Å². The second-order valence-corrected chi connectivity index (χ2v) is 7.38. The molecular formula is C19H23NaO5S. The van der Waals surface area contributed by atoms with Crippen molar-refractivity contribution in [3.05, 3.63) is 48.0 Å².